The van der Waals surface area contributed by atoms with Crippen LogP contribution in [0.25, 0.3) is 9.88 Å². The van der Waals surface area contributed by atoms with Crippen LogP contribution < -0.4 is 0 Å². The fraction of sp³-hybridized carbons (Fsp3) is 0.250. The van der Waals surface area contributed by atoms with Crippen LogP contribution in [0, 0.1) is 0 Å². The average Bonchev–Trinajstić information content (AvgIpc) is 2.95. The highest BCUT2D eigenvalue weighted by molar-refractivity contribution is 7.22. The van der Waals surface area contributed by atoms with E-state index in [1.54, 1.807) is 11.3 Å². The van der Waals surface area contributed by atoms with Crippen LogP contribution in [0.5, 0.6) is 0 Å². The minimum absolute atomic E-state index is 0.144. The van der Waals surface area contributed by atoms with Crippen LogP contribution in [-0.2, 0) is 6.42 Å². The summed E-state index contributed by atoms with van der Waals surface area (Å²) in [6.45, 7) is 3.41. The molecule has 18 heavy (non-hydrogen) atoms. The van der Waals surface area contributed by atoms with Crippen LogP contribution in [0.4, 0.5) is 0 Å². The maximum absolute atomic E-state index is 11.4. The van der Waals surface area contributed by atoms with Crippen LogP contribution in [0.2, 0.25) is 0 Å². The second kappa shape index (κ2) is 4.99. The zero-order chi connectivity index (χ0) is 13.3. The van der Waals surface area contributed by atoms with Crippen molar-refractivity contribution in [2.24, 2.45) is 0 Å². The normalized spacial score (nSPS) is 10.6. The number of carbonyl (C=O) groups excluding carboxylic acids is 1. The van der Waals surface area contributed by atoms with Gasteiger partial charge in [0.2, 0.25) is 0 Å². The summed E-state index contributed by atoms with van der Waals surface area (Å²) in [5, 5.41) is 9.62. The molecule has 2 heterocycles. The standard InChI is InChI=1S/C12H11NO3S2/c1-3-7-4-5-8(17-7)11-13-9(12(15)16)10(18-11)6(2)14/h4-5H,3H2,1-2H3,(H,15,16). The minimum atomic E-state index is -1.16. The molecule has 4 nitrogen and oxygen atoms in total. The van der Waals surface area contributed by atoms with Gasteiger partial charge >= 0.3 is 5.97 Å². The minimum Gasteiger partial charge on any atom is -0.476 e. The summed E-state index contributed by atoms with van der Waals surface area (Å²) in [4.78, 5) is 28.8. The van der Waals surface area contributed by atoms with E-state index in [4.69, 9.17) is 5.11 Å². The van der Waals surface area contributed by atoms with Crippen LogP contribution in [-0.4, -0.2) is 21.8 Å². The third kappa shape index (κ3) is 2.34. The number of ketones is 1. The first-order valence-corrected chi connectivity index (χ1v) is 7.00. The van der Waals surface area contributed by atoms with Gasteiger partial charge in [-0.3, -0.25) is 4.79 Å². The number of carboxylic acid groups (broad SMARTS) is 1. The molecule has 1 N–H and O–H groups in total. The Morgan fingerprint density at radius 1 is 1.33 bits per heavy atom. The highest BCUT2D eigenvalue weighted by Crippen LogP contribution is 2.33. The van der Waals surface area contributed by atoms with E-state index in [0.29, 0.717) is 5.01 Å². The SMILES string of the molecule is CCc1ccc(-c2nc(C(=O)O)c(C(C)=O)s2)s1. The van der Waals surface area contributed by atoms with Crippen LogP contribution in [0.15, 0.2) is 12.1 Å². The molecular weight excluding hydrogens is 270 g/mol. The summed E-state index contributed by atoms with van der Waals surface area (Å²) < 4.78 is 0. The highest BCUT2D eigenvalue weighted by Gasteiger charge is 2.21. The zero-order valence-corrected chi connectivity index (χ0v) is 11.5. The monoisotopic (exact) mass is 281 g/mol. The van der Waals surface area contributed by atoms with E-state index in [2.05, 4.69) is 11.9 Å². The second-order valence-corrected chi connectivity index (χ2v) is 5.84. The van der Waals surface area contributed by atoms with Gasteiger partial charge in [-0.05, 0) is 18.6 Å². The van der Waals surface area contributed by atoms with Crippen molar-refractivity contribution in [3.8, 4) is 9.88 Å². The number of aromatic carboxylic acids is 1. The molecule has 0 aliphatic rings. The molecule has 0 aliphatic carbocycles. The van der Waals surface area contributed by atoms with E-state index >= 15 is 0 Å². The average molecular weight is 281 g/mol. The molecule has 0 fully saturated rings. The fourth-order valence-electron chi connectivity index (χ4n) is 1.49. The van der Waals surface area contributed by atoms with Crippen molar-refractivity contribution in [2.75, 3.05) is 0 Å². The van der Waals surface area contributed by atoms with E-state index in [1.165, 1.54) is 11.8 Å². The van der Waals surface area contributed by atoms with Crippen molar-refractivity contribution >= 4 is 34.4 Å². The van der Waals surface area contributed by atoms with Crippen LogP contribution in [0.1, 0.15) is 38.9 Å². The Bertz CT molecular complexity index is 581. The first kappa shape index (κ1) is 12.9. The van der Waals surface area contributed by atoms with Gasteiger partial charge in [0.05, 0.1) is 4.88 Å². The third-order valence-corrected chi connectivity index (χ3v) is 4.93. The summed E-state index contributed by atoms with van der Waals surface area (Å²) >= 11 is 2.72. The van der Waals surface area contributed by atoms with Crippen molar-refractivity contribution < 1.29 is 14.7 Å². The van der Waals surface area contributed by atoms with E-state index in [1.807, 2.05) is 12.1 Å². The highest BCUT2D eigenvalue weighted by atomic mass is 32.1. The van der Waals surface area contributed by atoms with Gasteiger partial charge in [-0.1, -0.05) is 6.92 Å². The Morgan fingerprint density at radius 3 is 2.50 bits per heavy atom. The first-order valence-electron chi connectivity index (χ1n) is 5.37. The van der Waals surface area contributed by atoms with E-state index in [-0.39, 0.29) is 16.4 Å². The number of thiophene rings is 1. The number of nitrogens with zero attached hydrogens (tertiary/aromatic N) is 1. The quantitative estimate of drug-likeness (QED) is 0.873. The summed E-state index contributed by atoms with van der Waals surface area (Å²) in [6.07, 6.45) is 0.932. The van der Waals surface area contributed by atoms with Crippen LogP contribution >= 0.6 is 22.7 Å². The number of carboxylic acids is 1. The number of rotatable bonds is 4. The van der Waals surface area contributed by atoms with Crippen LogP contribution in [0.3, 0.4) is 0 Å². The molecule has 0 amide bonds. The Morgan fingerprint density at radius 2 is 2.06 bits per heavy atom. The molecule has 6 heteroatoms. The topological polar surface area (TPSA) is 67.3 Å². The predicted molar refractivity (Wildman–Crippen MR) is 71.8 cm³/mol. The fourth-order valence-corrected chi connectivity index (χ4v) is 3.45. The van der Waals surface area contributed by atoms with Crippen molar-refractivity contribution in [1.82, 2.24) is 4.98 Å². The lowest BCUT2D eigenvalue weighted by molar-refractivity contribution is 0.0687. The van der Waals surface area contributed by atoms with Gasteiger partial charge in [-0.15, -0.1) is 22.7 Å². The number of Topliss-reactive ketones (excluding diaryl/α,β-unsaturated/α-hetero) is 1. The Labute approximate surface area is 112 Å². The molecule has 0 unspecified atom stereocenters. The molecule has 0 atom stereocenters. The lowest BCUT2D eigenvalue weighted by atomic mass is 10.3. The summed E-state index contributed by atoms with van der Waals surface area (Å²) in [6, 6.07) is 3.91. The third-order valence-electron chi connectivity index (χ3n) is 2.37. The molecule has 2 rings (SSSR count). The lowest BCUT2D eigenvalue weighted by Gasteiger charge is -1.89. The van der Waals surface area contributed by atoms with Gasteiger partial charge in [0.1, 0.15) is 9.88 Å². The van der Waals surface area contributed by atoms with Gasteiger partial charge in [-0.2, -0.15) is 0 Å². The molecule has 0 radical (unpaired) electrons. The lowest BCUT2D eigenvalue weighted by Crippen LogP contribution is -2.03. The molecule has 0 spiro atoms. The van der Waals surface area contributed by atoms with Crippen molar-refractivity contribution in [1.29, 1.82) is 0 Å². The van der Waals surface area contributed by atoms with Gasteiger partial charge in [0.15, 0.2) is 11.5 Å². The molecule has 2 aromatic heterocycles. The molecule has 0 aliphatic heterocycles. The van der Waals surface area contributed by atoms with Crippen molar-refractivity contribution in [3.05, 3.63) is 27.6 Å². The Balaban J connectivity index is 2.49. The van der Waals surface area contributed by atoms with Crippen molar-refractivity contribution in [2.45, 2.75) is 20.3 Å². The molecule has 0 saturated heterocycles. The number of aromatic nitrogens is 1. The molecule has 0 saturated carbocycles. The van der Waals surface area contributed by atoms with E-state index in [9.17, 15) is 9.59 Å². The smallest absolute Gasteiger partial charge is 0.356 e. The second-order valence-electron chi connectivity index (χ2n) is 3.68. The van der Waals surface area contributed by atoms with Gasteiger partial charge in [0.25, 0.3) is 0 Å². The first-order chi connectivity index (χ1) is 8.52. The molecule has 0 bridgehead atoms. The number of hydrogen-bond acceptors (Lipinski definition) is 5. The van der Waals surface area contributed by atoms with Gasteiger partial charge < -0.3 is 5.11 Å². The maximum Gasteiger partial charge on any atom is 0.356 e. The zero-order valence-electron chi connectivity index (χ0n) is 9.89. The molecule has 2 aromatic rings. The maximum atomic E-state index is 11.4. The molecule has 0 aromatic carbocycles. The molecule has 94 valence electrons. The number of hydrogen-bond donors (Lipinski definition) is 1. The Hall–Kier alpha value is -1.53. The summed E-state index contributed by atoms with van der Waals surface area (Å²) in [7, 11) is 0. The van der Waals surface area contributed by atoms with Crippen molar-refractivity contribution in [3.63, 3.8) is 0 Å². The summed E-state index contributed by atoms with van der Waals surface area (Å²) in [5.41, 5.74) is -0.144. The number of carbonyl (C=O) groups is 2. The van der Waals surface area contributed by atoms with E-state index < -0.39 is 5.97 Å². The summed E-state index contributed by atoms with van der Waals surface area (Å²) in [5.74, 6) is -1.42. The van der Waals surface area contributed by atoms with E-state index in [0.717, 1.165) is 22.6 Å². The predicted octanol–water partition coefficient (Wildman–Crippen LogP) is 3.33. The van der Waals surface area contributed by atoms with Gasteiger partial charge in [-0.25, -0.2) is 9.78 Å². The number of thiazole rings is 1. The number of aryl methyl sites for hydroxylation is 1. The Kier molecular flexibility index (Phi) is 3.58. The largest absolute Gasteiger partial charge is 0.476 e. The van der Waals surface area contributed by atoms with Gasteiger partial charge in [0, 0.05) is 11.8 Å². The molecular formula is C12H11NO3S2.